The molecule has 0 saturated carbocycles. The van der Waals surface area contributed by atoms with Crippen molar-refractivity contribution in [2.45, 2.75) is 52.2 Å². The Morgan fingerprint density at radius 3 is 2.87 bits per heavy atom. The van der Waals surface area contributed by atoms with Crippen LogP contribution in [0.25, 0.3) is 0 Å². The third-order valence-electron chi connectivity index (χ3n) is 4.32. The molecule has 23 heavy (non-hydrogen) atoms. The molecule has 1 N–H and O–H groups in total. The van der Waals surface area contributed by atoms with Crippen LogP contribution in [-0.2, 0) is 0 Å². The third-order valence-corrected chi connectivity index (χ3v) is 5.70. The largest absolute Gasteiger partial charge is 0.361 e. The molecule has 0 amide bonds. The number of hydrogen-bond acceptors (Lipinski definition) is 4. The second kappa shape index (κ2) is 8.62. The first-order valence-electron chi connectivity index (χ1n) is 8.64. The van der Waals surface area contributed by atoms with E-state index >= 15 is 0 Å². The minimum absolute atomic E-state index is 0.316. The van der Waals surface area contributed by atoms with Gasteiger partial charge in [-0.15, -0.1) is 0 Å². The van der Waals surface area contributed by atoms with Crippen LogP contribution in [0.5, 0.6) is 0 Å². The summed E-state index contributed by atoms with van der Waals surface area (Å²) in [6, 6.07) is 0. The van der Waals surface area contributed by atoms with E-state index in [9.17, 15) is 0 Å². The molecule has 0 aliphatic carbocycles. The van der Waals surface area contributed by atoms with Crippen molar-refractivity contribution >= 4 is 17.7 Å². The molecule has 2 unspecified atom stereocenters. The van der Waals surface area contributed by atoms with Crippen LogP contribution in [0, 0.1) is 13.8 Å². The number of thioether (sulfide) groups is 1. The van der Waals surface area contributed by atoms with Gasteiger partial charge in [0.2, 0.25) is 0 Å². The van der Waals surface area contributed by atoms with Crippen molar-refractivity contribution < 1.29 is 4.52 Å². The Kier molecular flexibility index (Phi) is 6.81. The lowest BCUT2D eigenvalue weighted by Crippen LogP contribution is -2.48. The first-order valence-corrected chi connectivity index (χ1v) is 9.69. The fraction of sp³-hybridized carbons (Fsp3) is 0.765. The first kappa shape index (κ1) is 18.2. The summed E-state index contributed by atoms with van der Waals surface area (Å²) in [5, 5.41) is 8.23. The van der Waals surface area contributed by atoms with E-state index < -0.39 is 0 Å². The molecule has 0 aromatic carbocycles. The van der Waals surface area contributed by atoms with Crippen LogP contribution in [0.4, 0.5) is 0 Å². The van der Waals surface area contributed by atoms with Crippen LogP contribution in [0.3, 0.4) is 0 Å². The highest BCUT2D eigenvalue weighted by Gasteiger charge is 2.22. The van der Waals surface area contributed by atoms with Gasteiger partial charge in [0.15, 0.2) is 5.96 Å². The molecular weight excluding hydrogens is 308 g/mol. The molecule has 1 fully saturated rings. The van der Waals surface area contributed by atoms with Gasteiger partial charge < -0.3 is 14.7 Å². The predicted molar refractivity (Wildman–Crippen MR) is 98.5 cm³/mol. The number of aryl methyl sites for hydroxylation is 2. The highest BCUT2D eigenvalue weighted by Crippen LogP contribution is 2.24. The van der Waals surface area contributed by atoms with Gasteiger partial charge in [0.05, 0.1) is 5.69 Å². The number of guanidine groups is 1. The van der Waals surface area contributed by atoms with Crippen LogP contribution in [-0.4, -0.2) is 53.2 Å². The third kappa shape index (κ3) is 4.66. The lowest BCUT2D eigenvalue weighted by molar-refractivity contribution is 0.391. The minimum Gasteiger partial charge on any atom is -0.361 e. The van der Waals surface area contributed by atoms with E-state index in [2.05, 4.69) is 47.9 Å². The fourth-order valence-corrected chi connectivity index (χ4v) is 4.27. The standard InChI is InChI=1S/C17H30N4OS/c1-6-15-11-21(8-9-23-15)17(18-7-2)19-10-12(3)16-13(4)20-22-14(16)5/h12,15H,6-11H2,1-5H3,(H,18,19). The van der Waals surface area contributed by atoms with Crippen LogP contribution in [0.15, 0.2) is 9.52 Å². The summed E-state index contributed by atoms with van der Waals surface area (Å²) in [7, 11) is 0. The molecule has 2 atom stereocenters. The maximum atomic E-state index is 5.29. The molecule has 0 bridgehead atoms. The van der Waals surface area contributed by atoms with E-state index in [-0.39, 0.29) is 0 Å². The van der Waals surface area contributed by atoms with Gasteiger partial charge in [0.1, 0.15) is 5.76 Å². The highest BCUT2D eigenvalue weighted by molar-refractivity contribution is 8.00. The van der Waals surface area contributed by atoms with Gasteiger partial charge in [-0.1, -0.05) is 19.0 Å². The van der Waals surface area contributed by atoms with Crippen LogP contribution in [0.2, 0.25) is 0 Å². The average Bonchev–Trinajstić information content (AvgIpc) is 2.90. The van der Waals surface area contributed by atoms with Crippen molar-refractivity contribution in [2.24, 2.45) is 4.99 Å². The Morgan fingerprint density at radius 1 is 1.48 bits per heavy atom. The summed E-state index contributed by atoms with van der Waals surface area (Å²) in [5.41, 5.74) is 2.18. The van der Waals surface area contributed by atoms with E-state index in [1.165, 1.54) is 17.7 Å². The van der Waals surface area contributed by atoms with E-state index in [4.69, 9.17) is 9.52 Å². The van der Waals surface area contributed by atoms with Crippen molar-refractivity contribution in [1.82, 2.24) is 15.4 Å². The Bertz CT molecular complexity index is 509. The Morgan fingerprint density at radius 2 is 2.26 bits per heavy atom. The van der Waals surface area contributed by atoms with E-state index in [1.54, 1.807) is 0 Å². The molecule has 0 radical (unpaired) electrons. The summed E-state index contributed by atoms with van der Waals surface area (Å²) >= 11 is 2.08. The van der Waals surface area contributed by atoms with E-state index in [0.717, 1.165) is 43.6 Å². The Balaban J connectivity index is 2.06. The first-order chi connectivity index (χ1) is 11.1. The quantitative estimate of drug-likeness (QED) is 0.660. The van der Waals surface area contributed by atoms with E-state index in [0.29, 0.717) is 11.2 Å². The highest BCUT2D eigenvalue weighted by atomic mass is 32.2. The summed E-state index contributed by atoms with van der Waals surface area (Å²) in [6.07, 6.45) is 1.22. The second-order valence-corrected chi connectivity index (χ2v) is 7.59. The molecule has 2 rings (SSSR count). The lowest BCUT2D eigenvalue weighted by Gasteiger charge is -2.34. The topological polar surface area (TPSA) is 53.7 Å². The summed E-state index contributed by atoms with van der Waals surface area (Å²) < 4.78 is 5.29. The van der Waals surface area contributed by atoms with Gasteiger partial charge in [-0.25, -0.2) is 0 Å². The van der Waals surface area contributed by atoms with Crippen molar-refractivity contribution in [3.8, 4) is 0 Å². The zero-order valence-electron chi connectivity index (χ0n) is 15.1. The van der Waals surface area contributed by atoms with Gasteiger partial charge in [0, 0.05) is 48.7 Å². The molecule has 1 aliphatic rings. The van der Waals surface area contributed by atoms with Crippen molar-refractivity contribution in [1.29, 1.82) is 0 Å². The molecule has 1 aromatic rings. The Hall–Kier alpha value is -1.17. The van der Waals surface area contributed by atoms with Crippen molar-refractivity contribution in [2.75, 3.05) is 31.9 Å². The zero-order chi connectivity index (χ0) is 16.8. The molecule has 0 spiro atoms. The molecule has 2 heterocycles. The molecule has 1 aromatic heterocycles. The van der Waals surface area contributed by atoms with Crippen LogP contribution < -0.4 is 5.32 Å². The fourth-order valence-electron chi connectivity index (χ4n) is 3.09. The SMILES string of the molecule is CCNC(=NCC(C)c1c(C)noc1C)N1CCSC(CC)C1. The number of aromatic nitrogens is 1. The van der Waals surface area contributed by atoms with Gasteiger partial charge in [-0.05, 0) is 27.2 Å². The van der Waals surface area contributed by atoms with Crippen molar-refractivity contribution in [3.63, 3.8) is 0 Å². The van der Waals surface area contributed by atoms with Crippen LogP contribution >= 0.6 is 11.8 Å². The number of aliphatic imine (C=N–C) groups is 1. The predicted octanol–water partition coefficient (Wildman–Crippen LogP) is 3.19. The van der Waals surface area contributed by atoms with Gasteiger partial charge in [-0.2, -0.15) is 11.8 Å². The second-order valence-electron chi connectivity index (χ2n) is 6.18. The maximum absolute atomic E-state index is 5.29. The van der Waals surface area contributed by atoms with Gasteiger partial charge in [-0.3, -0.25) is 4.99 Å². The average molecular weight is 339 g/mol. The molecule has 1 aliphatic heterocycles. The van der Waals surface area contributed by atoms with Gasteiger partial charge >= 0.3 is 0 Å². The molecule has 130 valence electrons. The normalized spacial score (nSPS) is 20.7. The van der Waals surface area contributed by atoms with Crippen molar-refractivity contribution in [3.05, 3.63) is 17.0 Å². The van der Waals surface area contributed by atoms with Crippen LogP contribution in [0.1, 0.15) is 50.1 Å². The number of nitrogens with zero attached hydrogens (tertiary/aromatic N) is 3. The molecule has 6 heteroatoms. The molecule has 1 saturated heterocycles. The summed E-state index contributed by atoms with van der Waals surface area (Å²) in [5.74, 6) is 3.46. The molecule has 5 nitrogen and oxygen atoms in total. The van der Waals surface area contributed by atoms with Gasteiger partial charge in [0.25, 0.3) is 0 Å². The Labute approximate surface area is 144 Å². The number of rotatable bonds is 5. The lowest BCUT2D eigenvalue weighted by atomic mass is 10.00. The zero-order valence-corrected chi connectivity index (χ0v) is 15.9. The molecular formula is C17H30N4OS. The number of hydrogen-bond donors (Lipinski definition) is 1. The smallest absolute Gasteiger partial charge is 0.193 e. The number of nitrogens with one attached hydrogen (secondary N) is 1. The summed E-state index contributed by atoms with van der Waals surface area (Å²) in [4.78, 5) is 7.31. The maximum Gasteiger partial charge on any atom is 0.193 e. The van der Waals surface area contributed by atoms with E-state index in [1.807, 2.05) is 13.8 Å². The summed E-state index contributed by atoms with van der Waals surface area (Å²) in [6.45, 7) is 14.4. The minimum atomic E-state index is 0.316. The monoisotopic (exact) mass is 338 g/mol.